The van der Waals surface area contributed by atoms with E-state index in [9.17, 15) is 4.79 Å². The van der Waals surface area contributed by atoms with Crippen LogP contribution in [0.15, 0.2) is 0 Å². The first-order valence-electron chi connectivity index (χ1n) is 2.67. The molecule has 0 radical (unpaired) electrons. The third-order valence-electron chi connectivity index (χ3n) is 0.677. The van der Waals surface area contributed by atoms with E-state index in [0.29, 0.717) is 6.54 Å². The topological polar surface area (TPSA) is 38.3 Å². The van der Waals surface area contributed by atoms with Gasteiger partial charge in [0.1, 0.15) is 0 Å². The van der Waals surface area contributed by atoms with Crippen molar-refractivity contribution in [2.75, 3.05) is 19.4 Å². The minimum atomic E-state index is 0.00621. The fourth-order valence-corrected chi connectivity index (χ4v) is 0.704. The molecule has 0 aromatic carbocycles. The molecule has 0 atom stereocenters. The molecule has 0 saturated carbocycles. The minimum absolute atomic E-state index is 0.00621. The second-order valence-electron chi connectivity index (χ2n) is 1.47. The van der Waals surface area contributed by atoms with Crippen molar-refractivity contribution in [2.45, 2.75) is 6.92 Å². The van der Waals surface area contributed by atoms with Crippen molar-refractivity contribution in [2.24, 2.45) is 0 Å². The fraction of sp³-hybridized carbons (Fsp3) is 0.800. The number of hydrogen-bond donors (Lipinski definition) is 1. The average Bonchev–Trinajstić information content (AvgIpc) is 1.80. The first kappa shape index (κ1) is 8.78. The van der Waals surface area contributed by atoms with Gasteiger partial charge in [0.25, 0.3) is 0 Å². The van der Waals surface area contributed by atoms with Gasteiger partial charge < -0.3 is 9.50 Å². The maximum absolute atomic E-state index is 10.2. The summed E-state index contributed by atoms with van der Waals surface area (Å²) in [5.41, 5.74) is 0. The van der Waals surface area contributed by atoms with Gasteiger partial charge in [-0.2, -0.15) is 0 Å². The van der Waals surface area contributed by atoms with E-state index in [1.54, 1.807) is 7.11 Å². The highest BCUT2D eigenvalue weighted by Gasteiger charge is 1.88. The van der Waals surface area contributed by atoms with E-state index in [1.807, 2.05) is 0 Å². The molecule has 0 aromatic rings. The average molecular weight is 149 g/mol. The van der Waals surface area contributed by atoms with Crippen LogP contribution in [-0.2, 0) is 8.98 Å². The highest BCUT2D eigenvalue weighted by molar-refractivity contribution is 7.94. The van der Waals surface area contributed by atoms with E-state index in [2.05, 4.69) is 9.50 Å². The van der Waals surface area contributed by atoms with Crippen LogP contribution in [0.1, 0.15) is 6.92 Å². The first-order valence-corrected chi connectivity index (χ1v) is 3.58. The van der Waals surface area contributed by atoms with Crippen LogP contribution in [0.3, 0.4) is 0 Å². The van der Waals surface area contributed by atoms with Gasteiger partial charge in [0.2, 0.25) is 5.91 Å². The number of rotatable bonds is 4. The summed E-state index contributed by atoms with van der Waals surface area (Å²) in [4.78, 5) is 10.2. The molecule has 0 aliphatic carbocycles. The van der Waals surface area contributed by atoms with Gasteiger partial charge in [-0.15, -0.1) is 0 Å². The second kappa shape index (κ2) is 5.91. The molecular weight excluding hydrogens is 138 g/mol. The Morgan fingerprint density at radius 1 is 1.78 bits per heavy atom. The van der Waals surface area contributed by atoms with Crippen LogP contribution in [0.25, 0.3) is 0 Å². The molecule has 0 aromatic heterocycles. The van der Waals surface area contributed by atoms with Crippen LogP contribution in [0.4, 0.5) is 0 Å². The lowest BCUT2D eigenvalue weighted by atomic mass is 10.6. The van der Waals surface area contributed by atoms with Crippen LogP contribution >= 0.6 is 12.0 Å². The van der Waals surface area contributed by atoms with Gasteiger partial charge >= 0.3 is 0 Å². The van der Waals surface area contributed by atoms with Gasteiger partial charge in [0.15, 0.2) is 0 Å². The lowest BCUT2D eigenvalue weighted by Crippen LogP contribution is -2.22. The van der Waals surface area contributed by atoms with Gasteiger partial charge in [-0.1, -0.05) is 0 Å². The van der Waals surface area contributed by atoms with Gasteiger partial charge in [-0.3, -0.25) is 4.79 Å². The van der Waals surface area contributed by atoms with E-state index < -0.39 is 0 Å². The number of amides is 1. The summed E-state index contributed by atoms with van der Waals surface area (Å²) >= 11 is 1.34. The zero-order valence-corrected chi connectivity index (χ0v) is 6.46. The van der Waals surface area contributed by atoms with Gasteiger partial charge in [0.05, 0.1) is 7.11 Å². The highest BCUT2D eigenvalue weighted by atomic mass is 32.2. The van der Waals surface area contributed by atoms with Gasteiger partial charge in [-0.05, 0) is 12.0 Å². The number of hydrogen-bond acceptors (Lipinski definition) is 3. The maximum atomic E-state index is 10.2. The molecule has 54 valence electrons. The van der Waals surface area contributed by atoms with Crippen molar-refractivity contribution in [3.8, 4) is 0 Å². The zero-order chi connectivity index (χ0) is 7.11. The Kier molecular flexibility index (Phi) is 5.76. The molecule has 0 saturated heterocycles. The Hall–Kier alpha value is -0.220. The van der Waals surface area contributed by atoms with E-state index in [1.165, 1.54) is 19.0 Å². The summed E-state index contributed by atoms with van der Waals surface area (Å²) in [6.45, 7) is 2.17. The molecule has 0 bridgehead atoms. The summed E-state index contributed by atoms with van der Waals surface area (Å²) < 4.78 is 4.69. The molecule has 0 spiro atoms. The van der Waals surface area contributed by atoms with Crippen molar-refractivity contribution in [3.63, 3.8) is 0 Å². The lowest BCUT2D eigenvalue weighted by molar-refractivity contribution is -0.118. The third-order valence-corrected chi connectivity index (χ3v) is 1.28. The second-order valence-corrected chi connectivity index (χ2v) is 2.45. The standard InChI is InChI=1S/C5H11NO2S/c1-5(7)6-3-4-9-8-2/h3-4H2,1-2H3,(H,6,7). The summed E-state index contributed by atoms with van der Waals surface area (Å²) in [6.07, 6.45) is 0. The normalized spacial score (nSPS) is 9.11. The fourth-order valence-electron chi connectivity index (χ4n) is 0.352. The van der Waals surface area contributed by atoms with E-state index >= 15 is 0 Å². The Labute approximate surface area is 59.4 Å². The molecule has 1 amide bonds. The minimum Gasteiger partial charge on any atom is -0.355 e. The zero-order valence-electron chi connectivity index (χ0n) is 5.64. The Balaban J connectivity index is 2.83. The largest absolute Gasteiger partial charge is 0.355 e. The van der Waals surface area contributed by atoms with Crippen LogP contribution < -0.4 is 5.32 Å². The van der Waals surface area contributed by atoms with Crippen molar-refractivity contribution < 1.29 is 8.98 Å². The van der Waals surface area contributed by atoms with Crippen molar-refractivity contribution in [1.29, 1.82) is 0 Å². The Morgan fingerprint density at radius 3 is 2.89 bits per heavy atom. The lowest BCUT2D eigenvalue weighted by Gasteiger charge is -1.98. The third kappa shape index (κ3) is 7.78. The number of carbonyl (C=O) groups excluding carboxylic acids is 1. The molecule has 9 heavy (non-hydrogen) atoms. The van der Waals surface area contributed by atoms with E-state index in [4.69, 9.17) is 0 Å². The number of carbonyl (C=O) groups is 1. The number of nitrogens with one attached hydrogen (secondary N) is 1. The van der Waals surface area contributed by atoms with Crippen molar-refractivity contribution in [3.05, 3.63) is 0 Å². The SMILES string of the molecule is COSCCNC(C)=O. The highest BCUT2D eigenvalue weighted by Crippen LogP contribution is 1.95. The Morgan fingerprint density at radius 2 is 2.44 bits per heavy atom. The molecule has 3 nitrogen and oxygen atoms in total. The van der Waals surface area contributed by atoms with Crippen LogP contribution in [0.2, 0.25) is 0 Å². The van der Waals surface area contributed by atoms with Crippen LogP contribution in [0, 0.1) is 0 Å². The summed E-state index contributed by atoms with van der Waals surface area (Å²) in [5, 5.41) is 2.64. The molecule has 0 rings (SSSR count). The van der Waals surface area contributed by atoms with Crippen LogP contribution in [0.5, 0.6) is 0 Å². The molecule has 0 aliphatic heterocycles. The quantitative estimate of drug-likeness (QED) is 0.465. The molecule has 1 N–H and O–H groups in total. The van der Waals surface area contributed by atoms with Crippen molar-refractivity contribution in [1.82, 2.24) is 5.32 Å². The van der Waals surface area contributed by atoms with Gasteiger partial charge in [0, 0.05) is 19.2 Å². The molecule has 4 heteroatoms. The maximum Gasteiger partial charge on any atom is 0.216 e. The molecule has 0 unspecified atom stereocenters. The van der Waals surface area contributed by atoms with Crippen LogP contribution in [-0.4, -0.2) is 25.3 Å². The molecule has 0 aliphatic rings. The predicted octanol–water partition coefficient (Wildman–Crippen LogP) is 0.417. The molecule has 0 fully saturated rings. The summed E-state index contributed by atoms with van der Waals surface area (Å²) in [6, 6.07) is 0. The molecule has 0 heterocycles. The Bertz CT molecular complexity index is 87.0. The summed E-state index contributed by atoms with van der Waals surface area (Å²) in [7, 11) is 1.61. The predicted molar refractivity (Wildman–Crippen MR) is 38.2 cm³/mol. The van der Waals surface area contributed by atoms with Gasteiger partial charge in [-0.25, -0.2) is 0 Å². The summed E-state index contributed by atoms with van der Waals surface area (Å²) in [5.74, 6) is 0.808. The van der Waals surface area contributed by atoms with Crippen molar-refractivity contribution >= 4 is 17.9 Å². The molecular formula is C5H11NO2S. The van der Waals surface area contributed by atoms with E-state index in [-0.39, 0.29) is 5.91 Å². The monoisotopic (exact) mass is 149 g/mol. The smallest absolute Gasteiger partial charge is 0.216 e. The first-order chi connectivity index (χ1) is 4.27. The van der Waals surface area contributed by atoms with E-state index in [0.717, 1.165) is 5.75 Å².